The first kappa shape index (κ1) is 9.48. The average Bonchev–Trinajstić information content (AvgIpc) is 2.01. The highest BCUT2D eigenvalue weighted by atomic mass is 16.6. The maximum Gasteiger partial charge on any atom is 0.302 e. The molecule has 0 aromatic rings. The van der Waals surface area contributed by atoms with Gasteiger partial charge in [0, 0.05) is 20.0 Å². The molecule has 70 valence electrons. The third-order valence-electron chi connectivity index (χ3n) is 1.81. The summed E-state index contributed by atoms with van der Waals surface area (Å²) in [6, 6.07) is 0. The Morgan fingerprint density at radius 1 is 1.75 bits per heavy atom. The molecule has 1 aliphatic heterocycles. The van der Waals surface area contributed by atoms with Crippen LogP contribution in [0.5, 0.6) is 0 Å². The van der Waals surface area contributed by atoms with Gasteiger partial charge in [-0.2, -0.15) is 0 Å². The smallest absolute Gasteiger partial charge is 0.302 e. The fourth-order valence-corrected chi connectivity index (χ4v) is 1.19. The Bertz CT molecular complexity index is 157. The van der Waals surface area contributed by atoms with E-state index in [1.54, 1.807) is 0 Å². The fourth-order valence-electron chi connectivity index (χ4n) is 1.19. The number of ether oxygens (including phenoxy) is 2. The molecule has 0 unspecified atom stereocenters. The van der Waals surface area contributed by atoms with Crippen molar-refractivity contribution < 1.29 is 19.4 Å². The first-order chi connectivity index (χ1) is 5.68. The van der Waals surface area contributed by atoms with Crippen molar-refractivity contribution in [1.82, 2.24) is 0 Å². The summed E-state index contributed by atoms with van der Waals surface area (Å²) in [5.41, 5.74) is 0. The van der Waals surface area contributed by atoms with Crippen LogP contribution in [0.3, 0.4) is 0 Å². The van der Waals surface area contributed by atoms with Gasteiger partial charge in [0.2, 0.25) is 0 Å². The van der Waals surface area contributed by atoms with Crippen molar-refractivity contribution in [3.05, 3.63) is 0 Å². The van der Waals surface area contributed by atoms with Crippen LogP contribution in [0.2, 0.25) is 0 Å². The molecule has 0 amide bonds. The number of carbonyl (C=O) groups excluding carboxylic acids is 1. The summed E-state index contributed by atoms with van der Waals surface area (Å²) in [7, 11) is 0. The summed E-state index contributed by atoms with van der Waals surface area (Å²) >= 11 is 0. The molecule has 0 aliphatic carbocycles. The van der Waals surface area contributed by atoms with Gasteiger partial charge in [-0.25, -0.2) is 0 Å². The molecule has 0 radical (unpaired) electrons. The van der Waals surface area contributed by atoms with Crippen LogP contribution in [-0.4, -0.2) is 36.5 Å². The van der Waals surface area contributed by atoms with E-state index < -0.39 is 0 Å². The summed E-state index contributed by atoms with van der Waals surface area (Å²) in [5, 5.41) is 9.22. The lowest BCUT2D eigenvalue weighted by atomic mass is 10.1. The number of carbonyl (C=O) groups is 1. The minimum atomic E-state index is -0.307. The summed E-state index contributed by atoms with van der Waals surface area (Å²) in [6.45, 7) is 2.17. The Balaban J connectivity index is 2.18. The molecule has 0 aromatic carbocycles. The van der Waals surface area contributed by atoms with Gasteiger partial charge in [-0.15, -0.1) is 0 Å². The summed E-state index contributed by atoms with van der Waals surface area (Å²) in [5.74, 6) is -0.307. The van der Waals surface area contributed by atoms with Crippen LogP contribution in [0.15, 0.2) is 0 Å². The highest BCUT2D eigenvalue weighted by molar-refractivity contribution is 5.65. The van der Waals surface area contributed by atoms with Crippen LogP contribution in [0, 0.1) is 0 Å². The van der Waals surface area contributed by atoms with E-state index in [1.807, 2.05) is 0 Å². The Kier molecular flexibility index (Phi) is 3.49. The summed E-state index contributed by atoms with van der Waals surface area (Å²) in [4.78, 5) is 10.4. The lowest BCUT2D eigenvalue weighted by Crippen LogP contribution is -2.32. The molecule has 4 heteroatoms. The molecule has 0 saturated carbocycles. The third kappa shape index (κ3) is 3.19. The largest absolute Gasteiger partial charge is 0.463 e. The highest BCUT2D eigenvalue weighted by Gasteiger charge is 2.21. The van der Waals surface area contributed by atoms with Crippen molar-refractivity contribution in [3.8, 4) is 0 Å². The minimum Gasteiger partial charge on any atom is -0.463 e. The number of aliphatic hydroxyl groups is 1. The lowest BCUT2D eigenvalue weighted by molar-refractivity contribution is -0.148. The summed E-state index contributed by atoms with van der Waals surface area (Å²) < 4.78 is 10.0. The fraction of sp³-hybridized carbons (Fsp3) is 0.875. The summed E-state index contributed by atoms with van der Waals surface area (Å²) in [6.07, 6.45) is 0.807. The second-order valence-electron chi connectivity index (χ2n) is 2.97. The molecule has 0 bridgehead atoms. The number of esters is 1. The molecule has 1 rings (SSSR count). The van der Waals surface area contributed by atoms with Gasteiger partial charge >= 0.3 is 5.97 Å². The number of rotatable bonds is 2. The van der Waals surface area contributed by atoms with Gasteiger partial charge in [-0.3, -0.25) is 4.79 Å². The molecular formula is C8H14O4. The molecule has 1 fully saturated rings. The normalized spacial score (nSPS) is 29.8. The van der Waals surface area contributed by atoms with E-state index in [9.17, 15) is 9.90 Å². The van der Waals surface area contributed by atoms with E-state index in [-0.39, 0.29) is 24.8 Å². The van der Waals surface area contributed by atoms with Gasteiger partial charge in [-0.05, 0) is 6.42 Å². The van der Waals surface area contributed by atoms with E-state index >= 15 is 0 Å². The average molecular weight is 174 g/mol. The first-order valence-corrected chi connectivity index (χ1v) is 4.11. The molecule has 1 aliphatic rings. The van der Waals surface area contributed by atoms with Gasteiger partial charge in [-0.1, -0.05) is 0 Å². The monoisotopic (exact) mass is 174 g/mol. The van der Waals surface area contributed by atoms with Crippen molar-refractivity contribution >= 4 is 5.97 Å². The zero-order chi connectivity index (χ0) is 8.97. The van der Waals surface area contributed by atoms with Gasteiger partial charge in [0.1, 0.15) is 6.61 Å². The van der Waals surface area contributed by atoms with Gasteiger partial charge in [0.25, 0.3) is 0 Å². The van der Waals surface area contributed by atoms with Crippen molar-refractivity contribution in [3.63, 3.8) is 0 Å². The van der Waals surface area contributed by atoms with Gasteiger partial charge in [0.05, 0.1) is 12.2 Å². The van der Waals surface area contributed by atoms with Crippen LogP contribution in [0.4, 0.5) is 0 Å². The quantitative estimate of drug-likeness (QED) is 0.603. The van der Waals surface area contributed by atoms with Crippen LogP contribution in [0.1, 0.15) is 19.8 Å². The molecule has 0 spiro atoms. The number of hydrogen-bond donors (Lipinski definition) is 1. The SMILES string of the molecule is CC(=O)OC[C@@H]1C[C@H](O)CCO1. The number of aliphatic hydroxyl groups excluding tert-OH is 1. The van der Waals surface area contributed by atoms with E-state index in [2.05, 4.69) is 0 Å². The van der Waals surface area contributed by atoms with Crippen molar-refractivity contribution in [1.29, 1.82) is 0 Å². The zero-order valence-corrected chi connectivity index (χ0v) is 7.16. The van der Waals surface area contributed by atoms with E-state index in [0.717, 1.165) is 0 Å². The van der Waals surface area contributed by atoms with Crippen LogP contribution in [0.25, 0.3) is 0 Å². The Morgan fingerprint density at radius 3 is 3.08 bits per heavy atom. The Hall–Kier alpha value is -0.610. The molecule has 1 saturated heterocycles. The van der Waals surface area contributed by atoms with E-state index in [4.69, 9.17) is 9.47 Å². The van der Waals surface area contributed by atoms with E-state index in [1.165, 1.54) is 6.92 Å². The maximum absolute atomic E-state index is 10.4. The topological polar surface area (TPSA) is 55.8 Å². The lowest BCUT2D eigenvalue weighted by Gasteiger charge is -2.25. The molecule has 12 heavy (non-hydrogen) atoms. The van der Waals surface area contributed by atoms with Crippen LogP contribution >= 0.6 is 0 Å². The maximum atomic E-state index is 10.4. The zero-order valence-electron chi connectivity index (χ0n) is 7.16. The third-order valence-corrected chi connectivity index (χ3v) is 1.81. The van der Waals surface area contributed by atoms with E-state index in [0.29, 0.717) is 19.4 Å². The second-order valence-corrected chi connectivity index (χ2v) is 2.97. The van der Waals surface area contributed by atoms with Crippen molar-refractivity contribution in [2.45, 2.75) is 32.0 Å². The van der Waals surface area contributed by atoms with Crippen molar-refractivity contribution in [2.24, 2.45) is 0 Å². The van der Waals surface area contributed by atoms with Gasteiger partial charge in [0.15, 0.2) is 0 Å². The molecule has 2 atom stereocenters. The Labute approximate surface area is 71.5 Å². The van der Waals surface area contributed by atoms with Crippen LogP contribution in [-0.2, 0) is 14.3 Å². The standard InChI is InChI=1S/C8H14O4/c1-6(9)12-5-8-4-7(10)2-3-11-8/h7-8,10H,2-5H2,1H3/t7-,8+/m1/s1. The molecular weight excluding hydrogens is 160 g/mol. The molecule has 4 nitrogen and oxygen atoms in total. The van der Waals surface area contributed by atoms with Gasteiger partial charge < -0.3 is 14.6 Å². The Morgan fingerprint density at radius 2 is 2.50 bits per heavy atom. The van der Waals surface area contributed by atoms with Crippen molar-refractivity contribution in [2.75, 3.05) is 13.2 Å². The molecule has 0 aromatic heterocycles. The molecule has 1 heterocycles. The highest BCUT2D eigenvalue weighted by Crippen LogP contribution is 2.13. The minimum absolute atomic E-state index is 0.127. The first-order valence-electron chi connectivity index (χ1n) is 4.11. The number of hydrogen-bond acceptors (Lipinski definition) is 4. The molecule has 1 N–H and O–H groups in total. The predicted molar refractivity (Wildman–Crippen MR) is 41.6 cm³/mol. The predicted octanol–water partition coefficient (Wildman–Crippen LogP) is 0.0894. The van der Waals surface area contributed by atoms with Crippen LogP contribution < -0.4 is 0 Å². The second kappa shape index (κ2) is 4.42.